The molecular weight excluding hydrogens is 262 g/mol. The summed E-state index contributed by atoms with van der Waals surface area (Å²) < 4.78 is 6.69. The molecule has 0 unspecified atom stereocenters. The molecule has 20 heavy (non-hydrogen) atoms. The predicted octanol–water partition coefficient (Wildman–Crippen LogP) is 5.72. The van der Waals surface area contributed by atoms with Crippen molar-refractivity contribution in [1.82, 2.24) is 4.98 Å². The SMILES string of the molecule is CC(C)[Si](Oc1ccc2[nH]ccc2c1)(C(C)C)C(C)C. The quantitative estimate of drug-likeness (QED) is 0.699. The van der Waals surface area contributed by atoms with Crippen LogP contribution in [0.3, 0.4) is 0 Å². The van der Waals surface area contributed by atoms with Gasteiger partial charge in [-0.2, -0.15) is 0 Å². The van der Waals surface area contributed by atoms with E-state index in [0.29, 0.717) is 16.6 Å². The van der Waals surface area contributed by atoms with Crippen LogP contribution in [-0.2, 0) is 0 Å². The number of aromatic nitrogens is 1. The third-order valence-electron chi connectivity index (χ3n) is 4.53. The maximum absolute atomic E-state index is 6.69. The number of H-pyrrole nitrogens is 1. The second kappa shape index (κ2) is 5.64. The number of aromatic amines is 1. The van der Waals surface area contributed by atoms with Crippen molar-refractivity contribution in [3.63, 3.8) is 0 Å². The number of fused-ring (bicyclic) bond motifs is 1. The van der Waals surface area contributed by atoms with Gasteiger partial charge in [-0.25, -0.2) is 0 Å². The Morgan fingerprint density at radius 1 is 0.900 bits per heavy atom. The van der Waals surface area contributed by atoms with Gasteiger partial charge >= 0.3 is 0 Å². The zero-order valence-corrected chi connectivity index (χ0v) is 14.5. The Hall–Kier alpha value is -1.22. The third kappa shape index (κ3) is 2.51. The van der Waals surface area contributed by atoms with Crippen LogP contribution in [0.25, 0.3) is 10.9 Å². The highest BCUT2D eigenvalue weighted by molar-refractivity contribution is 6.78. The molecule has 0 amide bonds. The number of hydrogen-bond acceptors (Lipinski definition) is 1. The monoisotopic (exact) mass is 289 g/mol. The predicted molar refractivity (Wildman–Crippen MR) is 90.0 cm³/mol. The smallest absolute Gasteiger partial charge is 0.258 e. The van der Waals surface area contributed by atoms with Gasteiger partial charge in [-0.1, -0.05) is 41.5 Å². The molecule has 0 spiro atoms. The van der Waals surface area contributed by atoms with Crippen LogP contribution in [0.5, 0.6) is 5.75 Å². The van der Waals surface area contributed by atoms with Gasteiger partial charge in [-0.3, -0.25) is 0 Å². The molecule has 1 aromatic heterocycles. The van der Waals surface area contributed by atoms with Gasteiger partial charge in [0.1, 0.15) is 5.75 Å². The standard InChI is InChI=1S/C17H27NOSi/c1-12(2)20(13(3)4,14(5)6)19-16-7-8-17-15(11-16)9-10-18-17/h7-14,18H,1-6H3. The van der Waals surface area contributed by atoms with Crippen LogP contribution in [0, 0.1) is 0 Å². The molecule has 0 aliphatic rings. The van der Waals surface area contributed by atoms with Crippen LogP contribution >= 0.6 is 0 Å². The lowest BCUT2D eigenvalue weighted by Gasteiger charge is -2.42. The highest BCUT2D eigenvalue weighted by Crippen LogP contribution is 2.42. The van der Waals surface area contributed by atoms with Gasteiger partial charge in [-0.15, -0.1) is 0 Å². The zero-order valence-electron chi connectivity index (χ0n) is 13.5. The summed E-state index contributed by atoms with van der Waals surface area (Å²) in [6.07, 6.45) is 1.98. The molecule has 3 heteroatoms. The summed E-state index contributed by atoms with van der Waals surface area (Å²) in [6, 6.07) is 8.49. The molecule has 0 atom stereocenters. The van der Waals surface area contributed by atoms with Crippen molar-refractivity contribution >= 4 is 19.2 Å². The van der Waals surface area contributed by atoms with E-state index in [0.717, 1.165) is 5.75 Å². The third-order valence-corrected chi connectivity index (χ3v) is 10.5. The largest absolute Gasteiger partial charge is 0.543 e. The Balaban J connectivity index is 2.40. The first-order valence-corrected chi connectivity index (χ1v) is 9.78. The molecule has 1 aromatic carbocycles. The van der Waals surface area contributed by atoms with Crippen LogP contribution in [-0.4, -0.2) is 13.3 Å². The normalized spacial score (nSPS) is 12.8. The van der Waals surface area contributed by atoms with Crippen LogP contribution in [0.15, 0.2) is 30.5 Å². The number of rotatable bonds is 5. The minimum atomic E-state index is -1.85. The second-order valence-electron chi connectivity index (χ2n) is 6.65. The summed E-state index contributed by atoms with van der Waals surface area (Å²) in [7, 11) is -1.85. The van der Waals surface area contributed by atoms with Gasteiger partial charge in [0.05, 0.1) is 0 Å². The molecule has 2 aromatic rings. The maximum Gasteiger partial charge on any atom is 0.258 e. The second-order valence-corrected chi connectivity index (χ2v) is 12.0. The fraction of sp³-hybridized carbons (Fsp3) is 0.529. The number of nitrogens with one attached hydrogen (secondary N) is 1. The van der Waals surface area contributed by atoms with E-state index in [-0.39, 0.29) is 0 Å². The molecule has 0 bridgehead atoms. The van der Waals surface area contributed by atoms with E-state index in [9.17, 15) is 0 Å². The van der Waals surface area contributed by atoms with E-state index in [4.69, 9.17) is 4.43 Å². The highest BCUT2D eigenvalue weighted by atomic mass is 28.4. The Labute approximate surface area is 123 Å². The molecule has 110 valence electrons. The Bertz CT molecular complexity index is 549. The Morgan fingerprint density at radius 3 is 2.05 bits per heavy atom. The maximum atomic E-state index is 6.69. The topological polar surface area (TPSA) is 25.0 Å². The molecule has 2 rings (SSSR count). The molecule has 0 radical (unpaired) electrons. The molecule has 0 saturated heterocycles. The molecule has 0 aliphatic carbocycles. The minimum Gasteiger partial charge on any atom is -0.543 e. The van der Waals surface area contributed by atoms with E-state index in [2.05, 4.69) is 70.8 Å². The Kier molecular flexibility index (Phi) is 4.28. The van der Waals surface area contributed by atoms with Gasteiger partial charge in [0.15, 0.2) is 0 Å². The van der Waals surface area contributed by atoms with E-state index in [1.54, 1.807) is 0 Å². The van der Waals surface area contributed by atoms with Gasteiger partial charge in [0, 0.05) is 17.1 Å². The van der Waals surface area contributed by atoms with Crippen molar-refractivity contribution in [2.45, 2.75) is 58.2 Å². The highest BCUT2D eigenvalue weighted by Gasteiger charge is 2.46. The first kappa shape index (κ1) is 15.2. The molecule has 0 fully saturated rings. The average Bonchev–Trinajstić information content (AvgIpc) is 2.81. The summed E-state index contributed by atoms with van der Waals surface area (Å²) in [5.74, 6) is 1.03. The van der Waals surface area contributed by atoms with Gasteiger partial charge < -0.3 is 9.41 Å². The van der Waals surface area contributed by atoms with E-state index < -0.39 is 8.32 Å². The minimum absolute atomic E-state index is 0.601. The van der Waals surface area contributed by atoms with Crippen LogP contribution in [0.4, 0.5) is 0 Å². The summed E-state index contributed by atoms with van der Waals surface area (Å²) in [4.78, 5) is 3.23. The first-order valence-electron chi connectivity index (χ1n) is 7.64. The van der Waals surface area contributed by atoms with Crippen LogP contribution in [0.1, 0.15) is 41.5 Å². The molecular formula is C17H27NOSi. The fourth-order valence-corrected chi connectivity index (χ4v) is 8.89. The van der Waals surface area contributed by atoms with Crippen molar-refractivity contribution in [2.24, 2.45) is 0 Å². The van der Waals surface area contributed by atoms with Gasteiger partial charge in [0.2, 0.25) is 0 Å². The van der Waals surface area contributed by atoms with Crippen molar-refractivity contribution < 1.29 is 4.43 Å². The van der Waals surface area contributed by atoms with Gasteiger partial charge in [-0.05, 0) is 40.9 Å². The number of benzene rings is 1. The lowest BCUT2D eigenvalue weighted by Crippen LogP contribution is -2.50. The van der Waals surface area contributed by atoms with Crippen molar-refractivity contribution in [3.05, 3.63) is 30.5 Å². The first-order chi connectivity index (χ1) is 9.37. The van der Waals surface area contributed by atoms with E-state index in [1.807, 2.05) is 6.20 Å². The van der Waals surface area contributed by atoms with Crippen LogP contribution < -0.4 is 4.43 Å². The summed E-state index contributed by atoms with van der Waals surface area (Å²) in [5, 5.41) is 1.22. The molecule has 0 saturated carbocycles. The molecule has 1 heterocycles. The van der Waals surface area contributed by atoms with Crippen molar-refractivity contribution in [3.8, 4) is 5.75 Å². The van der Waals surface area contributed by atoms with E-state index in [1.165, 1.54) is 10.9 Å². The lowest BCUT2D eigenvalue weighted by molar-refractivity contribution is 0.480. The lowest BCUT2D eigenvalue weighted by atomic mass is 10.2. The van der Waals surface area contributed by atoms with Crippen LogP contribution in [0.2, 0.25) is 16.6 Å². The molecule has 2 nitrogen and oxygen atoms in total. The average molecular weight is 289 g/mol. The zero-order chi connectivity index (χ0) is 14.9. The Morgan fingerprint density at radius 2 is 1.50 bits per heavy atom. The summed E-state index contributed by atoms with van der Waals surface area (Å²) in [5.41, 5.74) is 2.97. The van der Waals surface area contributed by atoms with Crippen molar-refractivity contribution in [1.29, 1.82) is 0 Å². The number of hydrogen-bond donors (Lipinski definition) is 1. The summed E-state index contributed by atoms with van der Waals surface area (Å²) >= 11 is 0. The fourth-order valence-electron chi connectivity index (χ4n) is 3.65. The molecule has 1 N–H and O–H groups in total. The van der Waals surface area contributed by atoms with Gasteiger partial charge in [0.25, 0.3) is 8.32 Å². The summed E-state index contributed by atoms with van der Waals surface area (Å²) in [6.45, 7) is 13.9. The molecule has 0 aliphatic heterocycles. The van der Waals surface area contributed by atoms with E-state index >= 15 is 0 Å². The van der Waals surface area contributed by atoms with Crippen molar-refractivity contribution in [2.75, 3.05) is 0 Å².